The summed E-state index contributed by atoms with van der Waals surface area (Å²) in [4.78, 5) is 21.4. The van der Waals surface area contributed by atoms with Gasteiger partial charge in [0.15, 0.2) is 5.75 Å². The van der Waals surface area contributed by atoms with Crippen LogP contribution in [0.4, 0.5) is 5.69 Å². The second-order valence-electron chi connectivity index (χ2n) is 4.40. The lowest BCUT2D eigenvalue weighted by Gasteiger charge is -2.12. The molecule has 7 nitrogen and oxygen atoms in total. The van der Waals surface area contributed by atoms with Gasteiger partial charge >= 0.3 is 11.7 Å². The van der Waals surface area contributed by atoms with Gasteiger partial charge in [0.25, 0.3) is 0 Å². The predicted molar refractivity (Wildman–Crippen MR) is 75.1 cm³/mol. The van der Waals surface area contributed by atoms with Gasteiger partial charge in [-0.25, -0.2) is 0 Å². The number of carbonyl (C=O) groups is 1. The first-order valence-electron chi connectivity index (χ1n) is 6.65. The van der Waals surface area contributed by atoms with Crippen molar-refractivity contribution in [3.05, 3.63) is 33.9 Å². The number of benzene rings is 1. The Labute approximate surface area is 122 Å². The van der Waals surface area contributed by atoms with E-state index in [1.807, 2.05) is 0 Å². The minimum atomic E-state index is -0.871. The molecule has 0 aliphatic carbocycles. The third kappa shape index (κ3) is 5.03. The van der Waals surface area contributed by atoms with Crippen LogP contribution in [0.15, 0.2) is 18.2 Å². The van der Waals surface area contributed by atoms with Crippen molar-refractivity contribution in [1.82, 2.24) is 0 Å². The number of ether oxygens (including phenoxy) is 2. The number of hydrogen-bond acceptors (Lipinski definition) is 6. The molecule has 116 valence electrons. The smallest absolute Gasteiger partial charge is 0.311 e. The molecule has 0 saturated carbocycles. The first-order chi connectivity index (χ1) is 9.99. The molecule has 1 rings (SSSR count). The number of rotatable bonds is 8. The summed E-state index contributed by atoms with van der Waals surface area (Å²) in [5.74, 6) is -0.173. The topological polar surface area (TPSA) is 98.9 Å². The molecule has 0 radical (unpaired) electrons. The maximum Gasteiger partial charge on any atom is 0.311 e. The van der Waals surface area contributed by atoms with E-state index in [-0.39, 0.29) is 23.8 Å². The van der Waals surface area contributed by atoms with Crippen molar-refractivity contribution < 1.29 is 24.3 Å². The number of carbonyl (C=O) groups excluding carboxylic acids is 1. The molecule has 1 N–H and O–H groups in total. The maximum atomic E-state index is 11.0. The third-order valence-corrected chi connectivity index (χ3v) is 2.95. The van der Waals surface area contributed by atoms with E-state index in [0.717, 1.165) is 0 Å². The van der Waals surface area contributed by atoms with Crippen LogP contribution in [0, 0.1) is 10.1 Å². The van der Waals surface area contributed by atoms with Crippen LogP contribution < -0.4 is 4.74 Å². The van der Waals surface area contributed by atoms with Crippen molar-refractivity contribution in [2.45, 2.75) is 32.3 Å². The molecule has 1 aromatic rings. The molecule has 0 spiro atoms. The van der Waals surface area contributed by atoms with Crippen LogP contribution in [0.25, 0.3) is 0 Å². The van der Waals surface area contributed by atoms with Crippen LogP contribution in [-0.2, 0) is 9.53 Å². The fourth-order valence-electron chi connectivity index (χ4n) is 1.87. The van der Waals surface area contributed by atoms with E-state index in [1.54, 1.807) is 13.0 Å². The number of esters is 1. The monoisotopic (exact) mass is 297 g/mol. The molecule has 0 fully saturated rings. The molecule has 0 aliphatic rings. The van der Waals surface area contributed by atoms with Gasteiger partial charge < -0.3 is 14.6 Å². The molecule has 1 atom stereocenters. The van der Waals surface area contributed by atoms with Crippen molar-refractivity contribution in [3.63, 3.8) is 0 Å². The molecule has 21 heavy (non-hydrogen) atoms. The Morgan fingerprint density at radius 2 is 2.19 bits per heavy atom. The predicted octanol–water partition coefficient (Wildman–Crippen LogP) is 2.37. The molecule has 0 amide bonds. The lowest BCUT2D eigenvalue weighted by molar-refractivity contribution is -0.386. The van der Waals surface area contributed by atoms with Crippen LogP contribution in [0.5, 0.6) is 5.75 Å². The molecule has 1 aromatic carbocycles. The van der Waals surface area contributed by atoms with Crippen molar-refractivity contribution in [2.24, 2.45) is 0 Å². The molecular formula is C14H19NO6. The number of nitro groups is 1. The van der Waals surface area contributed by atoms with E-state index in [2.05, 4.69) is 4.74 Å². The molecule has 7 heteroatoms. The fourth-order valence-corrected chi connectivity index (χ4v) is 1.87. The lowest BCUT2D eigenvalue weighted by atomic mass is 10.0. The summed E-state index contributed by atoms with van der Waals surface area (Å²) in [6, 6.07) is 4.36. The number of nitro benzene ring substituents is 1. The van der Waals surface area contributed by atoms with Gasteiger partial charge in [-0.15, -0.1) is 0 Å². The summed E-state index contributed by atoms with van der Waals surface area (Å²) in [5.41, 5.74) is 0.247. The lowest BCUT2D eigenvalue weighted by Crippen LogP contribution is -2.04. The molecular weight excluding hydrogens is 278 g/mol. The SMILES string of the molecule is CCOc1ccc(C(O)CCCC(=O)OC)cc1[N+](=O)[O-]. The molecule has 0 aromatic heterocycles. The van der Waals surface area contributed by atoms with E-state index in [0.29, 0.717) is 25.0 Å². The molecule has 0 bridgehead atoms. The highest BCUT2D eigenvalue weighted by Crippen LogP contribution is 2.31. The van der Waals surface area contributed by atoms with Crippen molar-refractivity contribution in [2.75, 3.05) is 13.7 Å². The van der Waals surface area contributed by atoms with Gasteiger partial charge in [-0.05, 0) is 31.4 Å². The summed E-state index contributed by atoms with van der Waals surface area (Å²) in [5, 5.41) is 21.0. The van der Waals surface area contributed by atoms with Crippen molar-refractivity contribution in [1.29, 1.82) is 0 Å². The fraction of sp³-hybridized carbons (Fsp3) is 0.500. The number of aliphatic hydroxyl groups is 1. The van der Waals surface area contributed by atoms with Gasteiger partial charge in [-0.1, -0.05) is 6.07 Å². The largest absolute Gasteiger partial charge is 0.487 e. The minimum Gasteiger partial charge on any atom is -0.487 e. The zero-order valence-corrected chi connectivity index (χ0v) is 12.1. The Morgan fingerprint density at radius 1 is 1.48 bits per heavy atom. The average Bonchev–Trinajstić information content (AvgIpc) is 2.47. The number of nitrogens with zero attached hydrogens (tertiary/aromatic N) is 1. The first kappa shape index (κ1) is 16.9. The van der Waals surface area contributed by atoms with E-state index < -0.39 is 11.0 Å². The zero-order chi connectivity index (χ0) is 15.8. The van der Waals surface area contributed by atoms with Crippen LogP contribution in [0.3, 0.4) is 0 Å². The summed E-state index contributed by atoms with van der Waals surface area (Å²) < 4.78 is 9.68. The Morgan fingerprint density at radius 3 is 2.76 bits per heavy atom. The van der Waals surface area contributed by atoms with Gasteiger partial charge in [-0.3, -0.25) is 14.9 Å². The van der Waals surface area contributed by atoms with Crippen molar-refractivity contribution in [3.8, 4) is 5.75 Å². The second kappa shape index (κ2) is 8.21. The molecule has 0 heterocycles. The van der Waals surface area contributed by atoms with Crippen LogP contribution >= 0.6 is 0 Å². The standard InChI is InChI=1S/C14H19NO6/c1-3-21-13-8-7-10(9-11(13)15(18)19)12(16)5-4-6-14(17)20-2/h7-9,12,16H,3-6H2,1-2H3. The van der Waals surface area contributed by atoms with Gasteiger partial charge in [0, 0.05) is 12.5 Å². The van der Waals surface area contributed by atoms with Gasteiger partial charge in [0.2, 0.25) is 0 Å². The molecule has 1 unspecified atom stereocenters. The van der Waals surface area contributed by atoms with Gasteiger partial charge in [0.1, 0.15) is 0 Å². The van der Waals surface area contributed by atoms with Gasteiger partial charge in [0.05, 0.1) is 24.7 Å². The summed E-state index contributed by atoms with van der Waals surface area (Å²) in [7, 11) is 1.30. The first-order valence-corrected chi connectivity index (χ1v) is 6.65. The highest BCUT2D eigenvalue weighted by Gasteiger charge is 2.19. The normalized spacial score (nSPS) is 11.8. The third-order valence-electron chi connectivity index (χ3n) is 2.95. The quantitative estimate of drug-likeness (QED) is 0.449. The second-order valence-corrected chi connectivity index (χ2v) is 4.40. The minimum absolute atomic E-state index is 0.174. The highest BCUT2D eigenvalue weighted by atomic mass is 16.6. The average molecular weight is 297 g/mol. The zero-order valence-electron chi connectivity index (χ0n) is 12.1. The number of hydrogen-bond donors (Lipinski definition) is 1. The number of aliphatic hydroxyl groups excluding tert-OH is 1. The van der Waals surface area contributed by atoms with Crippen LogP contribution in [0.1, 0.15) is 37.9 Å². The van der Waals surface area contributed by atoms with Crippen molar-refractivity contribution >= 4 is 11.7 Å². The number of methoxy groups -OCH3 is 1. The van der Waals surface area contributed by atoms with Crippen LogP contribution in [0.2, 0.25) is 0 Å². The van der Waals surface area contributed by atoms with Gasteiger partial charge in [-0.2, -0.15) is 0 Å². The van der Waals surface area contributed by atoms with E-state index in [9.17, 15) is 20.0 Å². The Hall–Kier alpha value is -2.15. The van der Waals surface area contributed by atoms with E-state index in [4.69, 9.17) is 4.74 Å². The highest BCUT2D eigenvalue weighted by molar-refractivity contribution is 5.69. The summed E-state index contributed by atoms with van der Waals surface area (Å²) >= 11 is 0. The Bertz CT molecular complexity index is 502. The Kier molecular flexibility index (Phi) is 6.61. The van der Waals surface area contributed by atoms with E-state index >= 15 is 0 Å². The van der Waals surface area contributed by atoms with E-state index in [1.165, 1.54) is 19.2 Å². The summed E-state index contributed by atoms with van der Waals surface area (Å²) in [6.07, 6.45) is 0.0888. The Balaban J connectivity index is 2.76. The summed E-state index contributed by atoms with van der Waals surface area (Å²) in [6.45, 7) is 2.06. The molecule has 0 saturated heterocycles. The molecule has 0 aliphatic heterocycles. The van der Waals surface area contributed by atoms with Crippen LogP contribution in [-0.4, -0.2) is 29.7 Å². The maximum absolute atomic E-state index is 11.0.